The average Bonchev–Trinajstić information content (AvgIpc) is 3.68. The molecule has 3 aromatic heterocycles. The molecule has 0 unspecified atom stereocenters. The number of oxazole rings is 1. The molecule has 5 rings (SSSR count). The molecule has 0 fully saturated rings. The molecule has 4 amide bonds. The van der Waals surface area contributed by atoms with Gasteiger partial charge in [-0.1, -0.05) is 50.2 Å². The summed E-state index contributed by atoms with van der Waals surface area (Å²) in [6.07, 6.45) is 4.13. The lowest BCUT2D eigenvalue weighted by Gasteiger charge is -2.26. The molecule has 13 heteroatoms. The zero-order valence-corrected chi connectivity index (χ0v) is 23.9. The number of rotatable bonds is 5. The van der Waals surface area contributed by atoms with E-state index in [4.69, 9.17) is 4.42 Å². The first-order valence-corrected chi connectivity index (χ1v) is 14.3. The van der Waals surface area contributed by atoms with E-state index in [0.29, 0.717) is 25.0 Å². The van der Waals surface area contributed by atoms with Crippen LogP contribution in [0.15, 0.2) is 65.5 Å². The van der Waals surface area contributed by atoms with E-state index >= 15 is 0 Å². The Morgan fingerprint density at radius 3 is 2.65 bits per heavy atom. The van der Waals surface area contributed by atoms with Crippen LogP contribution >= 0.6 is 0 Å². The summed E-state index contributed by atoms with van der Waals surface area (Å²) in [5.74, 6) is -1.83. The van der Waals surface area contributed by atoms with Crippen molar-refractivity contribution in [3.8, 4) is 0 Å². The number of hydrogen-bond donors (Lipinski definition) is 4. The fourth-order valence-electron chi connectivity index (χ4n) is 4.92. The quantitative estimate of drug-likeness (QED) is 0.275. The van der Waals surface area contributed by atoms with Crippen LogP contribution in [0.4, 0.5) is 0 Å². The second-order valence-electron chi connectivity index (χ2n) is 10.8. The fraction of sp³-hybridized carbons (Fsp3) is 0.367. The molecule has 3 atom stereocenters. The normalized spacial score (nSPS) is 20.3. The third kappa shape index (κ3) is 7.05. The maximum atomic E-state index is 13.8. The van der Waals surface area contributed by atoms with Crippen LogP contribution in [0.25, 0.3) is 5.65 Å². The molecule has 4 heterocycles. The summed E-state index contributed by atoms with van der Waals surface area (Å²) >= 11 is 0. The van der Waals surface area contributed by atoms with Crippen LogP contribution < -0.4 is 21.3 Å². The fourth-order valence-corrected chi connectivity index (χ4v) is 4.92. The van der Waals surface area contributed by atoms with Crippen molar-refractivity contribution in [3.05, 3.63) is 84.0 Å². The summed E-state index contributed by atoms with van der Waals surface area (Å²) in [5, 5.41) is 15.6. The van der Waals surface area contributed by atoms with E-state index in [0.717, 1.165) is 5.56 Å². The zero-order valence-electron chi connectivity index (χ0n) is 23.9. The number of amides is 4. The maximum Gasteiger partial charge on any atom is 0.273 e. The van der Waals surface area contributed by atoms with Crippen LogP contribution in [0, 0.1) is 5.92 Å². The number of fused-ring (bicyclic) bond motifs is 3. The molecule has 0 spiro atoms. The number of nitrogens with one attached hydrogen (secondary N) is 4. The minimum atomic E-state index is -0.972. The van der Waals surface area contributed by atoms with Gasteiger partial charge >= 0.3 is 0 Å². The Labute approximate surface area is 247 Å². The Morgan fingerprint density at radius 2 is 1.86 bits per heavy atom. The highest BCUT2D eigenvalue weighted by molar-refractivity contribution is 5.97. The van der Waals surface area contributed by atoms with Crippen LogP contribution in [-0.2, 0) is 16.0 Å². The summed E-state index contributed by atoms with van der Waals surface area (Å²) in [7, 11) is 0. The van der Waals surface area contributed by atoms with Crippen molar-refractivity contribution in [2.24, 2.45) is 5.92 Å². The van der Waals surface area contributed by atoms with Crippen molar-refractivity contribution in [2.45, 2.75) is 57.7 Å². The summed E-state index contributed by atoms with van der Waals surface area (Å²) in [4.78, 5) is 62.0. The van der Waals surface area contributed by atoms with Gasteiger partial charge in [0.05, 0.1) is 0 Å². The highest BCUT2D eigenvalue weighted by Gasteiger charge is 2.32. The molecule has 1 aromatic carbocycles. The van der Waals surface area contributed by atoms with Gasteiger partial charge < -0.3 is 25.7 Å². The molecule has 4 N–H and O–H groups in total. The van der Waals surface area contributed by atoms with E-state index in [1.165, 1.54) is 17.1 Å². The van der Waals surface area contributed by atoms with Crippen LogP contribution in [0.5, 0.6) is 0 Å². The van der Waals surface area contributed by atoms with Gasteiger partial charge in [-0.3, -0.25) is 19.2 Å². The van der Waals surface area contributed by atoms with Gasteiger partial charge in [0.15, 0.2) is 11.3 Å². The van der Waals surface area contributed by atoms with Crippen LogP contribution in [0.3, 0.4) is 0 Å². The van der Waals surface area contributed by atoms with Crippen LogP contribution in [0.2, 0.25) is 0 Å². The lowest BCUT2D eigenvalue weighted by molar-refractivity contribution is -0.130. The van der Waals surface area contributed by atoms with Crippen molar-refractivity contribution < 1.29 is 23.6 Å². The minimum Gasteiger partial charge on any atom is -0.446 e. The SMILES string of the molecule is CC(C)[C@@H]1NC(=O)[C@H](Cc2ccccc2)NC(=O)[C@@H](NC(=O)c2cccc3ncnn23)CCCCNC(=O)c2coc1n2. The Kier molecular flexibility index (Phi) is 9.08. The number of pyridine rings is 1. The van der Waals surface area contributed by atoms with Crippen molar-refractivity contribution in [1.29, 1.82) is 0 Å². The summed E-state index contributed by atoms with van der Waals surface area (Å²) in [5.41, 5.74) is 1.66. The van der Waals surface area contributed by atoms with Crippen molar-refractivity contribution in [1.82, 2.24) is 40.8 Å². The molecule has 4 aromatic rings. The van der Waals surface area contributed by atoms with E-state index in [9.17, 15) is 19.2 Å². The largest absolute Gasteiger partial charge is 0.446 e. The van der Waals surface area contributed by atoms with Gasteiger partial charge in [0.25, 0.3) is 11.8 Å². The molecule has 1 aliphatic heterocycles. The van der Waals surface area contributed by atoms with Crippen molar-refractivity contribution >= 4 is 29.3 Å². The third-order valence-corrected chi connectivity index (χ3v) is 7.26. The summed E-state index contributed by atoms with van der Waals surface area (Å²) < 4.78 is 7.00. The first-order valence-electron chi connectivity index (χ1n) is 14.3. The molecule has 13 nitrogen and oxygen atoms in total. The van der Waals surface area contributed by atoms with Crippen molar-refractivity contribution in [2.75, 3.05) is 6.54 Å². The van der Waals surface area contributed by atoms with E-state index in [2.05, 4.69) is 36.3 Å². The van der Waals surface area contributed by atoms with E-state index in [1.807, 2.05) is 44.2 Å². The highest BCUT2D eigenvalue weighted by Crippen LogP contribution is 2.22. The van der Waals surface area contributed by atoms with Gasteiger partial charge in [0.1, 0.15) is 36.4 Å². The van der Waals surface area contributed by atoms with Gasteiger partial charge in [-0.15, -0.1) is 0 Å². The molecule has 1 aliphatic rings. The predicted molar refractivity (Wildman–Crippen MR) is 155 cm³/mol. The monoisotopic (exact) mass is 586 g/mol. The van der Waals surface area contributed by atoms with Gasteiger partial charge in [0, 0.05) is 13.0 Å². The Bertz CT molecular complexity index is 1600. The first kappa shape index (κ1) is 29.4. The maximum absolute atomic E-state index is 13.8. The molecule has 0 aliphatic carbocycles. The summed E-state index contributed by atoms with van der Waals surface area (Å²) in [6, 6.07) is 11.7. The number of carbonyl (C=O) groups is 4. The van der Waals surface area contributed by atoms with Gasteiger partial charge in [-0.2, -0.15) is 5.10 Å². The van der Waals surface area contributed by atoms with Crippen LogP contribution in [-0.4, -0.2) is 61.8 Å². The molecular formula is C30H34N8O5. The summed E-state index contributed by atoms with van der Waals surface area (Å²) in [6.45, 7) is 4.11. The second kappa shape index (κ2) is 13.3. The number of benzene rings is 1. The highest BCUT2D eigenvalue weighted by atomic mass is 16.3. The lowest BCUT2D eigenvalue weighted by atomic mass is 10.0. The third-order valence-electron chi connectivity index (χ3n) is 7.26. The van der Waals surface area contributed by atoms with E-state index in [-0.39, 0.29) is 36.0 Å². The topological polar surface area (TPSA) is 173 Å². The minimum absolute atomic E-state index is 0.114. The van der Waals surface area contributed by atoms with E-state index < -0.39 is 41.8 Å². The first-order chi connectivity index (χ1) is 20.8. The predicted octanol–water partition coefficient (Wildman–Crippen LogP) is 1.97. The average molecular weight is 587 g/mol. The van der Waals surface area contributed by atoms with Gasteiger partial charge in [-0.05, 0) is 42.9 Å². The number of hydrogen-bond acceptors (Lipinski definition) is 8. The molecule has 0 radical (unpaired) electrons. The Balaban J connectivity index is 1.44. The zero-order chi connectivity index (χ0) is 30.3. The molecule has 0 saturated heterocycles. The Hall–Kier alpha value is -5.07. The number of aromatic nitrogens is 4. The van der Waals surface area contributed by atoms with Gasteiger partial charge in [0.2, 0.25) is 17.7 Å². The molecule has 224 valence electrons. The number of nitrogens with zero attached hydrogens (tertiary/aromatic N) is 4. The Morgan fingerprint density at radius 1 is 1.05 bits per heavy atom. The molecule has 2 bridgehead atoms. The smallest absolute Gasteiger partial charge is 0.273 e. The van der Waals surface area contributed by atoms with Crippen molar-refractivity contribution in [3.63, 3.8) is 0 Å². The van der Waals surface area contributed by atoms with E-state index in [1.54, 1.807) is 18.2 Å². The standard InChI is InChI=1S/C30H34N8O5/c1-18(2)25-30-36-22(16-43-30)26(39)31-14-7-6-11-20(34-29(42)23-12-8-13-24-32-17-33-38(23)24)27(40)35-21(28(41)37-25)15-19-9-4-3-5-10-19/h3-5,8-10,12-13,16-18,20-21,25H,6-7,11,14-15H2,1-2H3,(H,31,39)(H,34,42)(H,35,40)(H,37,41)/t20-,21-,25-/m0/s1. The second-order valence-corrected chi connectivity index (χ2v) is 10.8. The number of carbonyl (C=O) groups excluding carboxylic acids is 4. The van der Waals surface area contributed by atoms with Crippen LogP contribution in [0.1, 0.15) is 71.6 Å². The molecule has 0 saturated carbocycles. The molecular weight excluding hydrogens is 552 g/mol. The lowest BCUT2D eigenvalue weighted by Crippen LogP contribution is -2.55. The van der Waals surface area contributed by atoms with Gasteiger partial charge in [-0.25, -0.2) is 14.5 Å². The molecule has 43 heavy (non-hydrogen) atoms.